The molecule has 0 bridgehead atoms. The first-order chi connectivity index (χ1) is 9.01. The van der Waals surface area contributed by atoms with Crippen molar-refractivity contribution in [3.8, 4) is 0 Å². The monoisotopic (exact) mass is 271 g/mol. The van der Waals surface area contributed by atoms with Crippen LogP contribution in [0, 0.1) is 0 Å². The van der Waals surface area contributed by atoms with Gasteiger partial charge in [0.1, 0.15) is 6.10 Å². The molecule has 5 nitrogen and oxygen atoms in total. The molecule has 0 aliphatic carbocycles. The Labute approximate surface area is 114 Å². The van der Waals surface area contributed by atoms with Gasteiger partial charge in [-0.2, -0.15) is 0 Å². The number of amides is 1. The quantitative estimate of drug-likeness (QED) is 0.769. The molecule has 1 aliphatic rings. The molecule has 110 valence electrons. The molecule has 1 fully saturated rings. The van der Waals surface area contributed by atoms with Crippen molar-refractivity contribution in [2.75, 3.05) is 6.54 Å². The van der Waals surface area contributed by atoms with Crippen LogP contribution in [0.15, 0.2) is 0 Å². The van der Waals surface area contributed by atoms with Crippen LogP contribution in [0.2, 0.25) is 0 Å². The molecule has 1 rings (SSSR count). The van der Waals surface area contributed by atoms with E-state index < -0.39 is 18.2 Å². The molecule has 1 amide bonds. The minimum absolute atomic E-state index is 0.0495. The molecule has 0 aromatic carbocycles. The number of ether oxygens (including phenoxy) is 1. The summed E-state index contributed by atoms with van der Waals surface area (Å²) in [7, 11) is 0. The standard InChI is InChI=1S/C14H25NO4/c1-4-6-9-15(10(3)5-2)13(16)11-7-8-12(19-11)14(17)18/h10-12H,4-9H2,1-3H3,(H,17,18)/t10?,11-,12+/m0/s1. The number of aliphatic carboxylic acids is 1. The molecule has 1 saturated heterocycles. The van der Waals surface area contributed by atoms with Crippen molar-refractivity contribution >= 4 is 11.9 Å². The molecule has 0 radical (unpaired) electrons. The molecule has 1 unspecified atom stereocenters. The number of hydrogen-bond acceptors (Lipinski definition) is 3. The van der Waals surface area contributed by atoms with Crippen molar-refractivity contribution in [3.05, 3.63) is 0 Å². The Morgan fingerprint density at radius 1 is 1.32 bits per heavy atom. The van der Waals surface area contributed by atoms with Crippen molar-refractivity contribution in [3.63, 3.8) is 0 Å². The Balaban J connectivity index is 2.63. The molecule has 1 heterocycles. The zero-order valence-corrected chi connectivity index (χ0v) is 12.1. The third-order valence-corrected chi connectivity index (χ3v) is 3.73. The lowest BCUT2D eigenvalue weighted by Gasteiger charge is -2.30. The van der Waals surface area contributed by atoms with Crippen LogP contribution in [-0.2, 0) is 14.3 Å². The summed E-state index contributed by atoms with van der Waals surface area (Å²) in [6, 6.07) is 0.173. The first-order valence-corrected chi connectivity index (χ1v) is 7.19. The second kappa shape index (κ2) is 7.48. The molecule has 0 aromatic heterocycles. The summed E-state index contributed by atoms with van der Waals surface area (Å²) in [5.41, 5.74) is 0. The van der Waals surface area contributed by atoms with Crippen molar-refractivity contribution < 1.29 is 19.4 Å². The molecule has 0 aromatic rings. The van der Waals surface area contributed by atoms with E-state index in [1.165, 1.54) is 0 Å². The zero-order valence-electron chi connectivity index (χ0n) is 12.1. The minimum Gasteiger partial charge on any atom is -0.479 e. The van der Waals surface area contributed by atoms with Gasteiger partial charge in [0.05, 0.1) is 0 Å². The SMILES string of the molecule is CCCCN(C(=O)[C@@H]1CC[C@H](C(=O)O)O1)C(C)CC. The minimum atomic E-state index is -0.973. The molecule has 0 saturated carbocycles. The Bertz CT molecular complexity index is 319. The number of carbonyl (C=O) groups excluding carboxylic acids is 1. The number of unbranched alkanes of at least 4 members (excludes halogenated alkanes) is 1. The number of nitrogens with zero attached hydrogens (tertiary/aromatic N) is 1. The Kier molecular flexibility index (Phi) is 6.28. The fourth-order valence-corrected chi connectivity index (χ4v) is 2.28. The summed E-state index contributed by atoms with van der Waals surface area (Å²) in [6.07, 6.45) is 2.42. The average Bonchev–Trinajstić information content (AvgIpc) is 2.88. The summed E-state index contributed by atoms with van der Waals surface area (Å²) in [5, 5.41) is 8.90. The number of carboxylic acids is 1. The number of carboxylic acid groups (broad SMARTS) is 1. The maximum atomic E-state index is 12.4. The fourth-order valence-electron chi connectivity index (χ4n) is 2.28. The van der Waals surface area contributed by atoms with Gasteiger partial charge in [-0.15, -0.1) is 0 Å². The van der Waals surface area contributed by atoms with Crippen LogP contribution < -0.4 is 0 Å². The Morgan fingerprint density at radius 2 is 1.95 bits per heavy atom. The molecule has 19 heavy (non-hydrogen) atoms. The van der Waals surface area contributed by atoms with Gasteiger partial charge in [-0.1, -0.05) is 20.3 Å². The highest BCUT2D eigenvalue weighted by Crippen LogP contribution is 2.23. The van der Waals surface area contributed by atoms with Crippen LogP contribution in [0.1, 0.15) is 52.9 Å². The lowest BCUT2D eigenvalue weighted by Crippen LogP contribution is -2.45. The van der Waals surface area contributed by atoms with E-state index in [0.717, 1.165) is 25.8 Å². The third-order valence-electron chi connectivity index (χ3n) is 3.73. The largest absolute Gasteiger partial charge is 0.479 e. The molecular formula is C14H25NO4. The summed E-state index contributed by atoms with van der Waals surface area (Å²) < 4.78 is 5.35. The van der Waals surface area contributed by atoms with Gasteiger partial charge in [-0.3, -0.25) is 4.79 Å². The highest BCUT2D eigenvalue weighted by atomic mass is 16.5. The van der Waals surface area contributed by atoms with Crippen LogP contribution in [0.25, 0.3) is 0 Å². The molecule has 1 aliphatic heterocycles. The summed E-state index contributed by atoms with van der Waals surface area (Å²) in [5.74, 6) is -1.02. The van der Waals surface area contributed by atoms with Gasteiger partial charge in [0.2, 0.25) is 0 Å². The predicted octanol–water partition coefficient (Wildman–Crippen LogP) is 2.05. The van der Waals surface area contributed by atoms with Gasteiger partial charge >= 0.3 is 5.97 Å². The summed E-state index contributed by atoms with van der Waals surface area (Å²) in [6.45, 7) is 6.89. The van der Waals surface area contributed by atoms with E-state index in [2.05, 4.69) is 6.92 Å². The van der Waals surface area contributed by atoms with E-state index in [1.54, 1.807) is 0 Å². The van der Waals surface area contributed by atoms with Crippen LogP contribution >= 0.6 is 0 Å². The van der Waals surface area contributed by atoms with Gasteiger partial charge < -0.3 is 14.7 Å². The Morgan fingerprint density at radius 3 is 2.42 bits per heavy atom. The number of carbonyl (C=O) groups is 2. The van der Waals surface area contributed by atoms with Crippen molar-refractivity contribution in [1.29, 1.82) is 0 Å². The van der Waals surface area contributed by atoms with E-state index in [-0.39, 0.29) is 11.9 Å². The van der Waals surface area contributed by atoms with E-state index >= 15 is 0 Å². The number of hydrogen-bond donors (Lipinski definition) is 1. The summed E-state index contributed by atoms with van der Waals surface area (Å²) in [4.78, 5) is 25.1. The van der Waals surface area contributed by atoms with Crippen LogP contribution in [-0.4, -0.2) is 46.7 Å². The highest BCUT2D eigenvalue weighted by molar-refractivity contribution is 5.83. The van der Waals surface area contributed by atoms with E-state index in [4.69, 9.17) is 9.84 Å². The van der Waals surface area contributed by atoms with E-state index in [0.29, 0.717) is 12.8 Å². The van der Waals surface area contributed by atoms with Crippen molar-refractivity contribution in [2.45, 2.75) is 71.1 Å². The molecular weight excluding hydrogens is 246 g/mol. The second-order valence-electron chi connectivity index (χ2n) is 5.17. The molecule has 0 spiro atoms. The van der Waals surface area contributed by atoms with Crippen LogP contribution in [0.4, 0.5) is 0 Å². The smallest absolute Gasteiger partial charge is 0.332 e. The second-order valence-corrected chi connectivity index (χ2v) is 5.17. The first kappa shape index (κ1) is 16.0. The van der Waals surface area contributed by atoms with Crippen LogP contribution in [0.5, 0.6) is 0 Å². The zero-order chi connectivity index (χ0) is 14.4. The van der Waals surface area contributed by atoms with Gasteiger partial charge in [-0.25, -0.2) is 4.79 Å². The topological polar surface area (TPSA) is 66.8 Å². The van der Waals surface area contributed by atoms with Crippen molar-refractivity contribution in [1.82, 2.24) is 4.90 Å². The molecule has 1 N–H and O–H groups in total. The van der Waals surface area contributed by atoms with E-state index in [9.17, 15) is 9.59 Å². The average molecular weight is 271 g/mol. The lowest BCUT2D eigenvalue weighted by molar-refractivity contribution is -0.155. The lowest BCUT2D eigenvalue weighted by atomic mass is 10.1. The fraction of sp³-hybridized carbons (Fsp3) is 0.857. The number of rotatable bonds is 7. The van der Waals surface area contributed by atoms with Gasteiger partial charge in [0.25, 0.3) is 5.91 Å². The van der Waals surface area contributed by atoms with Crippen molar-refractivity contribution in [2.24, 2.45) is 0 Å². The molecule has 3 atom stereocenters. The Hall–Kier alpha value is -1.10. The molecule has 5 heteroatoms. The normalized spacial score (nSPS) is 24.2. The highest BCUT2D eigenvalue weighted by Gasteiger charge is 2.37. The maximum absolute atomic E-state index is 12.4. The maximum Gasteiger partial charge on any atom is 0.332 e. The van der Waals surface area contributed by atoms with Crippen LogP contribution in [0.3, 0.4) is 0 Å². The van der Waals surface area contributed by atoms with Gasteiger partial charge in [0, 0.05) is 12.6 Å². The third kappa shape index (κ3) is 4.20. The van der Waals surface area contributed by atoms with Gasteiger partial charge in [0.15, 0.2) is 6.10 Å². The van der Waals surface area contributed by atoms with E-state index in [1.807, 2.05) is 18.7 Å². The van der Waals surface area contributed by atoms with Gasteiger partial charge in [-0.05, 0) is 32.6 Å². The predicted molar refractivity (Wildman–Crippen MR) is 71.9 cm³/mol. The summed E-state index contributed by atoms with van der Waals surface area (Å²) >= 11 is 0. The first-order valence-electron chi connectivity index (χ1n) is 7.19.